The van der Waals surface area contributed by atoms with Gasteiger partial charge in [-0.3, -0.25) is 0 Å². The van der Waals surface area contributed by atoms with Gasteiger partial charge in [0.1, 0.15) is 0 Å². The molecule has 0 radical (unpaired) electrons. The lowest BCUT2D eigenvalue weighted by atomic mass is 10.2. The maximum atomic E-state index is 6.13. The van der Waals surface area contributed by atoms with Crippen molar-refractivity contribution < 1.29 is 4.74 Å². The third-order valence-electron chi connectivity index (χ3n) is 2.85. The van der Waals surface area contributed by atoms with Gasteiger partial charge in [-0.05, 0) is 41.8 Å². The molecule has 17 heavy (non-hydrogen) atoms. The lowest BCUT2D eigenvalue weighted by molar-refractivity contribution is 0.0999. The maximum Gasteiger partial charge on any atom is 0.0542 e. The summed E-state index contributed by atoms with van der Waals surface area (Å²) in [7, 11) is 0. The molecule has 2 heterocycles. The highest BCUT2D eigenvalue weighted by molar-refractivity contribution is 9.10. The second-order valence-corrected chi connectivity index (χ2v) is 7.70. The van der Waals surface area contributed by atoms with Crippen molar-refractivity contribution in [2.75, 3.05) is 13.2 Å². The lowest BCUT2D eigenvalue weighted by Crippen LogP contribution is -2.26. The smallest absolute Gasteiger partial charge is 0.0542 e. The van der Waals surface area contributed by atoms with Crippen molar-refractivity contribution in [2.24, 2.45) is 5.73 Å². The number of ether oxygens (including phenoxy) is 1. The largest absolute Gasteiger partial charge is 0.381 e. The summed E-state index contributed by atoms with van der Waals surface area (Å²) in [6, 6.07) is 2.39. The van der Waals surface area contributed by atoms with Crippen molar-refractivity contribution in [1.82, 2.24) is 0 Å². The average Bonchev–Trinajstić information content (AvgIpc) is 2.73. The molecule has 0 spiro atoms. The van der Waals surface area contributed by atoms with Crippen molar-refractivity contribution in [3.05, 3.63) is 20.8 Å². The van der Waals surface area contributed by atoms with Crippen LogP contribution in [-0.2, 0) is 4.74 Å². The summed E-state index contributed by atoms with van der Waals surface area (Å²) >= 11 is 7.34. The summed E-state index contributed by atoms with van der Waals surface area (Å²) in [6.45, 7) is 3.90. The Balaban J connectivity index is 2.01. The van der Waals surface area contributed by atoms with Gasteiger partial charge in [-0.15, -0.1) is 23.1 Å². The number of rotatable bonds is 4. The van der Waals surface area contributed by atoms with Crippen molar-refractivity contribution in [2.45, 2.75) is 36.3 Å². The first-order valence-electron chi connectivity index (χ1n) is 5.89. The Morgan fingerprint density at radius 1 is 1.53 bits per heavy atom. The molecule has 2 N–H and O–H groups in total. The molecule has 1 aromatic heterocycles. The Morgan fingerprint density at radius 2 is 2.24 bits per heavy atom. The zero-order chi connectivity index (χ0) is 12.3. The van der Waals surface area contributed by atoms with Gasteiger partial charge < -0.3 is 10.5 Å². The Labute approximate surface area is 119 Å². The Morgan fingerprint density at radius 3 is 2.76 bits per heavy atom. The third-order valence-corrected chi connectivity index (χ3v) is 6.61. The molecule has 0 saturated carbocycles. The molecule has 2 rings (SSSR count). The fourth-order valence-corrected chi connectivity index (χ4v) is 5.15. The van der Waals surface area contributed by atoms with Gasteiger partial charge in [0.15, 0.2) is 0 Å². The van der Waals surface area contributed by atoms with E-state index < -0.39 is 0 Å². The van der Waals surface area contributed by atoms with Gasteiger partial charge in [0.2, 0.25) is 0 Å². The van der Waals surface area contributed by atoms with Crippen LogP contribution in [0, 0.1) is 0 Å². The van der Waals surface area contributed by atoms with Crippen LogP contribution in [0.3, 0.4) is 0 Å². The maximum absolute atomic E-state index is 6.13. The van der Waals surface area contributed by atoms with Crippen LogP contribution in [0.5, 0.6) is 0 Å². The Hall–Kier alpha value is 0.450. The fourth-order valence-electron chi connectivity index (χ4n) is 1.95. The van der Waals surface area contributed by atoms with Crippen LogP contribution in [0.15, 0.2) is 15.9 Å². The summed E-state index contributed by atoms with van der Waals surface area (Å²) in [5.41, 5.74) is 6.13. The number of thioether (sulfide) groups is 1. The topological polar surface area (TPSA) is 35.2 Å². The highest BCUT2D eigenvalue weighted by atomic mass is 79.9. The monoisotopic (exact) mass is 335 g/mol. The SMILES string of the molecule is CC(N)C(SC1CCOCC1)c1cc(Br)cs1. The number of nitrogens with two attached hydrogens (primary N) is 1. The van der Waals surface area contributed by atoms with Crippen LogP contribution < -0.4 is 5.73 Å². The molecule has 2 unspecified atom stereocenters. The third kappa shape index (κ3) is 3.96. The fraction of sp³-hybridized carbons (Fsp3) is 0.667. The van der Waals surface area contributed by atoms with Crippen LogP contribution in [0.1, 0.15) is 29.9 Å². The molecule has 0 aliphatic carbocycles. The molecule has 1 aliphatic rings. The standard InChI is InChI=1S/C12H18BrNOS2/c1-8(14)12(11-6-9(13)7-16-11)17-10-2-4-15-5-3-10/h6-8,10,12H,2-5,14H2,1H3. The Kier molecular flexibility index (Phi) is 5.36. The lowest BCUT2D eigenvalue weighted by Gasteiger charge is -2.27. The minimum atomic E-state index is 0.188. The second kappa shape index (κ2) is 6.57. The van der Waals surface area contributed by atoms with Crippen LogP contribution in [-0.4, -0.2) is 24.5 Å². The van der Waals surface area contributed by atoms with Crippen LogP contribution >= 0.6 is 39.0 Å². The normalized spacial score (nSPS) is 21.4. The number of hydrogen-bond donors (Lipinski definition) is 1. The number of halogens is 1. The molecule has 1 aromatic rings. The van der Waals surface area contributed by atoms with E-state index in [4.69, 9.17) is 10.5 Å². The van der Waals surface area contributed by atoms with E-state index in [2.05, 4.69) is 34.3 Å². The summed E-state index contributed by atoms with van der Waals surface area (Å²) in [5.74, 6) is 0. The van der Waals surface area contributed by atoms with Crippen molar-refractivity contribution in [3.8, 4) is 0 Å². The predicted octanol–water partition coefficient (Wildman–Crippen LogP) is 3.81. The van der Waals surface area contributed by atoms with Crippen LogP contribution in [0.4, 0.5) is 0 Å². The molecule has 0 amide bonds. The molecular formula is C12H18BrNOS2. The first kappa shape index (κ1) is 13.9. The first-order valence-corrected chi connectivity index (χ1v) is 8.51. The molecule has 0 bridgehead atoms. The molecular weight excluding hydrogens is 318 g/mol. The molecule has 2 atom stereocenters. The molecule has 1 aliphatic heterocycles. The zero-order valence-corrected chi connectivity index (χ0v) is 13.1. The van der Waals surface area contributed by atoms with Gasteiger partial charge in [-0.25, -0.2) is 0 Å². The Bertz CT molecular complexity index is 350. The van der Waals surface area contributed by atoms with Crippen LogP contribution in [0.25, 0.3) is 0 Å². The number of hydrogen-bond acceptors (Lipinski definition) is 4. The van der Waals surface area contributed by atoms with Gasteiger partial charge in [0.05, 0.1) is 5.25 Å². The number of thiophene rings is 1. The van der Waals surface area contributed by atoms with E-state index in [1.807, 2.05) is 11.8 Å². The van der Waals surface area contributed by atoms with Crippen molar-refractivity contribution >= 4 is 39.0 Å². The highest BCUT2D eigenvalue weighted by Gasteiger charge is 2.24. The van der Waals surface area contributed by atoms with Gasteiger partial charge in [0.25, 0.3) is 0 Å². The van der Waals surface area contributed by atoms with Gasteiger partial charge in [-0.2, -0.15) is 0 Å². The minimum Gasteiger partial charge on any atom is -0.381 e. The summed E-state index contributed by atoms with van der Waals surface area (Å²) in [4.78, 5) is 1.38. The van der Waals surface area contributed by atoms with Crippen molar-refractivity contribution in [1.29, 1.82) is 0 Å². The quantitative estimate of drug-likeness (QED) is 0.908. The van der Waals surface area contributed by atoms with Gasteiger partial charge in [0, 0.05) is 39.2 Å². The molecule has 1 fully saturated rings. The zero-order valence-electron chi connectivity index (χ0n) is 9.90. The van der Waals surface area contributed by atoms with Gasteiger partial charge >= 0.3 is 0 Å². The minimum absolute atomic E-state index is 0.188. The van der Waals surface area contributed by atoms with E-state index in [-0.39, 0.29) is 6.04 Å². The average molecular weight is 336 g/mol. The van der Waals surface area contributed by atoms with E-state index in [1.54, 1.807) is 11.3 Å². The second-order valence-electron chi connectivity index (χ2n) is 4.39. The molecule has 2 nitrogen and oxygen atoms in total. The summed E-state index contributed by atoms with van der Waals surface area (Å²) < 4.78 is 6.56. The predicted molar refractivity (Wildman–Crippen MR) is 79.8 cm³/mol. The molecule has 1 saturated heterocycles. The van der Waals surface area contributed by atoms with E-state index in [0.29, 0.717) is 10.5 Å². The van der Waals surface area contributed by atoms with Crippen LogP contribution in [0.2, 0.25) is 0 Å². The van der Waals surface area contributed by atoms with E-state index in [9.17, 15) is 0 Å². The summed E-state index contributed by atoms with van der Waals surface area (Å²) in [6.07, 6.45) is 2.31. The molecule has 96 valence electrons. The summed E-state index contributed by atoms with van der Waals surface area (Å²) in [5, 5.41) is 3.24. The van der Waals surface area contributed by atoms with Crippen molar-refractivity contribution in [3.63, 3.8) is 0 Å². The van der Waals surface area contributed by atoms with E-state index in [1.165, 1.54) is 4.88 Å². The first-order chi connectivity index (χ1) is 8.16. The molecule has 5 heteroatoms. The van der Waals surface area contributed by atoms with E-state index >= 15 is 0 Å². The highest BCUT2D eigenvalue weighted by Crippen LogP contribution is 2.41. The van der Waals surface area contributed by atoms with Gasteiger partial charge in [-0.1, -0.05) is 0 Å². The van der Waals surface area contributed by atoms with E-state index in [0.717, 1.165) is 30.5 Å². The molecule has 0 aromatic carbocycles.